The Kier molecular flexibility index (Phi) is 4.61. The van der Waals surface area contributed by atoms with Crippen LogP contribution in [0.25, 0.3) is 0 Å². The van der Waals surface area contributed by atoms with Crippen molar-refractivity contribution in [1.29, 1.82) is 0 Å². The Morgan fingerprint density at radius 1 is 1.21 bits per heavy atom. The number of likely N-dealkylation sites (tertiary alicyclic amines) is 1. The average Bonchev–Trinajstić information content (AvgIpc) is 2.95. The molecule has 2 fully saturated rings. The molecule has 4 aliphatic rings. The lowest BCUT2D eigenvalue weighted by Gasteiger charge is -2.38. The van der Waals surface area contributed by atoms with E-state index in [9.17, 15) is 4.79 Å². The molecular formula is C21H29BN2O4S. The fourth-order valence-electron chi connectivity index (χ4n) is 4.94. The number of carbonyl (C=O) groups is 1. The molecule has 0 aliphatic carbocycles. The second-order valence-electron chi connectivity index (χ2n) is 9.44. The summed E-state index contributed by atoms with van der Waals surface area (Å²) in [6.07, 6.45) is 0.614. The van der Waals surface area contributed by atoms with E-state index in [1.54, 1.807) is 0 Å². The number of para-hydroxylation sites is 1. The Labute approximate surface area is 177 Å². The van der Waals surface area contributed by atoms with Crippen LogP contribution in [0.15, 0.2) is 18.2 Å². The van der Waals surface area contributed by atoms with Gasteiger partial charge in [0.05, 0.1) is 11.2 Å². The first kappa shape index (κ1) is 19.6. The summed E-state index contributed by atoms with van der Waals surface area (Å²) < 4.78 is 17.3. The summed E-state index contributed by atoms with van der Waals surface area (Å²) in [5.74, 6) is 2.57. The van der Waals surface area contributed by atoms with Crippen LogP contribution in [0.3, 0.4) is 0 Å². The van der Waals surface area contributed by atoms with E-state index in [0.717, 1.165) is 24.5 Å². The van der Waals surface area contributed by atoms with Crippen LogP contribution in [0.1, 0.15) is 51.2 Å². The van der Waals surface area contributed by atoms with Crippen molar-refractivity contribution in [2.45, 2.75) is 63.0 Å². The van der Waals surface area contributed by atoms with Crippen molar-refractivity contribution in [2.24, 2.45) is 0 Å². The summed E-state index contributed by atoms with van der Waals surface area (Å²) in [7, 11) is -0.952. The summed E-state index contributed by atoms with van der Waals surface area (Å²) >= 11 is 2.01. The summed E-state index contributed by atoms with van der Waals surface area (Å²) in [4.78, 5) is 17.3. The van der Waals surface area contributed by atoms with Crippen molar-refractivity contribution in [1.82, 2.24) is 4.90 Å². The third-order valence-electron chi connectivity index (χ3n) is 7.24. The average molecular weight is 416 g/mol. The minimum atomic E-state index is -0.952. The molecule has 0 aromatic heterocycles. The van der Waals surface area contributed by atoms with E-state index in [-0.39, 0.29) is 6.09 Å². The van der Waals surface area contributed by atoms with Gasteiger partial charge in [0.1, 0.15) is 0 Å². The fourth-order valence-corrected chi connectivity index (χ4v) is 5.87. The number of carbonyl (C=O) groups excluding carboxylic acids is 1. The number of piperidine rings is 1. The van der Waals surface area contributed by atoms with Crippen LogP contribution in [0, 0.1) is 0 Å². The molecule has 6 nitrogen and oxygen atoms in total. The topological polar surface area (TPSA) is 51.2 Å². The number of anilines is 1. The van der Waals surface area contributed by atoms with Crippen molar-refractivity contribution in [3.05, 3.63) is 29.3 Å². The first-order valence-corrected chi connectivity index (χ1v) is 11.7. The third kappa shape index (κ3) is 3.15. The highest BCUT2D eigenvalue weighted by Gasteiger charge is 2.55. The number of hydrogen-bond donors (Lipinski definition) is 0. The van der Waals surface area contributed by atoms with Crippen molar-refractivity contribution < 1.29 is 18.8 Å². The predicted molar refractivity (Wildman–Crippen MR) is 115 cm³/mol. The van der Waals surface area contributed by atoms with Crippen LogP contribution in [-0.2, 0) is 19.7 Å². The van der Waals surface area contributed by atoms with Gasteiger partial charge in [-0.3, -0.25) is 0 Å². The number of fused-ring (bicyclic) bond motifs is 3. The highest BCUT2D eigenvalue weighted by molar-refractivity contribution is 7.98. The Hall–Kier alpha value is -1.38. The molecule has 2 saturated heterocycles. The smallest absolute Gasteiger partial charge is 0.468 e. The molecule has 8 heteroatoms. The van der Waals surface area contributed by atoms with Gasteiger partial charge in [0.25, 0.3) is 0 Å². The summed E-state index contributed by atoms with van der Waals surface area (Å²) in [5.41, 5.74) is 3.22. The van der Waals surface area contributed by atoms with Crippen molar-refractivity contribution >= 4 is 30.9 Å². The number of benzene rings is 1. The van der Waals surface area contributed by atoms with Crippen LogP contribution in [0.5, 0.6) is 0 Å². The van der Waals surface area contributed by atoms with E-state index >= 15 is 0 Å². The zero-order chi connectivity index (χ0) is 20.4. The van der Waals surface area contributed by atoms with Crippen molar-refractivity contribution in [2.75, 3.05) is 30.3 Å². The molecule has 5 rings (SSSR count). The minimum Gasteiger partial charge on any atom is -0.468 e. The lowest BCUT2D eigenvalue weighted by Crippen LogP contribution is -2.49. The molecule has 0 radical (unpaired) electrons. The normalized spacial score (nSPS) is 29.3. The predicted octanol–water partition coefficient (Wildman–Crippen LogP) is 3.64. The van der Waals surface area contributed by atoms with Gasteiger partial charge in [-0.25, -0.2) is 4.79 Å². The zero-order valence-electron chi connectivity index (χ0n) is 17.6. The zero-order valence-corrected chi connectivity index (χ0v) is 18.5. The molecule has 0 unspecified atom stereocenters. The molecule has 0 bridgehead atoms. The quantitative estimate of drug-likeness (QED) is 0.652. The molecule has 0 saturated carbocycles. The molecule has 0 spiro atoms. The Balaban J connectivity index is 1.31. The Bertz CT molecular complexity index is 817. The van der Waals surface area contributed by atoms with E-state index in [2.05, 4.69) is 23.1 Å². The number of rotatable bonds is 1. The van der Waals surface area contributed by atoms with Crippen LogP contribution in [-0.4, -0.2) is 60.9 Å². The SMILES string of the molecule is CC1(C)OB(OC(=O)N2CC[C@H]3[C@@H](C2)c2cccc4c2N3CCSC4)OC1(C)C. The monoisotopic (exact) mass is 416 g/mol. The number of amides is 1. The van der Waals surface area contributed by atoms with Gasteiger partial charge in [-0.2, -0.15) is 11.8 Å². The van der Waals surface area contributed by atoms with E-state index in [4.69, 9.17) is 14.0 Å². The minimum absolute atomic E-state index is 0.340. The van der Waals surface area contributed by atoms with Gasteiger partial charge >= 0.3 is 13.4 Å². The second kappa shape index (κ2) is 6.82. The lowest BCUT2D eigenvalue weighted by molar-refractivity contribution is 0.00578. The molecule has 4 heterocycles. The standard InChI is InChI=1S/C21H29BN2O4S/c1-20(2)21(3,4)28-22(27-20)26-19(25)23-9-8-17-16(12-23)15-7-5-6-14-13-29-11-10-24(17)18(14)15/h5-7,16-17H,8-13H2,1-4H3/t16-,17-/m0/s1. The summed E-state index contributed by atoms with van der Waals surface area (Å²) in [6.45, 7) is 10.3. The van der Waals surface area contributed by atoms with Crippen molar-refractivity contribution in [3.8, 4) is 0 Å². The molecule has 1 aromatic carbocycles. The second-order valence-corrected chi connectivity index (χ2v) is 10.5. The third-order valence-corrected chi connectivity index (χ3v) is 8.22. The maximum absolute atomic E-state index is 12.9. The number of thioether (sulfide) groups is 1. The van der Waals surface area contributed by atoms with E-state index in [1.165, 1.54) is 16.8 Å². The fraction of sp³-hybridized carbons (Fsp3) is 0.667. The van der Waals surface area contributed by atoms with Crippen LogP contribution in [0.2, 0.25) is 0 Å². The molecule has 1 amide bonds. The van der Waals surface area contributed by atoms with Gasteiger partial charge in [0.15, 0.2) is 0 Å². The summed E-state index contributed by atoms with van der Waals surface area (Å²) in [5, 5.41) is 0. The maximum Gasteiger partial charge on any atom is 0.717 e. The number of nitrogens with zero attached hydrogens (tertiary/aromatic N) is 2. The van der Waals surface area contributed by atoms with E-state index in [0.29, 0.717) is 25.0 Å². The van der Waals surface area contributed by atoms with Gasteiger partial charge in [-0.15, -0.1) is 0 Å². The van der Waals surface area contributed by atoms with Gasteiger partial charge in [0.2, 0.25) is 0 Å². The Morgan fingerprint density at radius 2 is 1.97 bits per heavy atom. The maximum atomic E-state index is 12.9. The molecule has 0 N–H and O–H groups in total. The van der Waals surface area contributed by atoms with Crippen LogP contribution in [0.4, 0.5) is 10.5 Å². The van der Waals surface area contributed by atoms with Crippen molar-refractivity contribution in [3.63, 3.8) is 0 Å². The van der Waals surface area contributed by atoms with E-state index < -0.39 is 18.5 Å². The van der Waals surface area contributed by atoms with E-state index in [1.807, 2.05) is 44.4 Å². The van der Waals surface area contributed by atoms with Gasteiger partial charge in [-0.1, -0.05) is 18.2 Å². The van der Waals surface area contributed by atoms with Crippen LogP contribution >= 0.6 is 11.8 Å². The molecule has 1 aromatic rings. The molecular weight excluding hydrogens is 387 g/mol. The molecule has 4 aliphatic heterocycles. The first-order valence-electron chi connectivity index (χ1n) is 10.5. The van der Waals surface area contributed by atoms with Gasteiger partial charge in [0, 0.05) is 48.8 Å². The van der Waals surface area contributed by atoms with Crippen LogP contribution < -0.4 is 4.90 Å². The molecule has 2 atom stereocenters. The Morgan fingerprint density at radius 3 is 2.72 bits per heavy atom. The van der Waals surface area contributed by atoms with Gasteiger partial charge < -0.3 is 23.8 Å². The highest BCUT2D eigenvalue weighted by Crippen LogP contribution is 2.48. The largest absolute Gasteiger partial charge is 0.717 e. The number of hydrogen-bond acceptors (Lipinski definition) is 6. The first-order chi connectivity index (χ1) is 13.8. The lowest BCUT2D eigenvalue weighted by atomic mass is 9.89. The molecule has 29 heavy (non-hydrogen) atoms. The summed E-state index contributed by atoms with van der Waals surface area (Å²) in [6, 6.07) is 7.15. The molecule has 156 valence electrons. The highest BCUT2D eigenvalue weighted by atomic mass is 32.2. The van der Waals surface area contributed by atoms with Gasteiger partial charge in [-0.05, 0) is 45.2 Å².